The van der Waals surface area contributed by atoms with Crippen LogP contribution in [0.4, 0.5) is 0 Å². The maximum absolute atomic E-state index is 2.69. The smallest absolute Gasteiger partial charge is 0.0485 e. The Morgan fingerprint density at radius 3 is 2.45 bits per heavy atom. The van der Waals surface area contributed by atoms with Crippen LogP contribution in [0.3, 0.4) is 0 Å². The van der Waals surface area contributed by atoms with Gasteiger partial charge in [0.1, 0.15) is 0 Å². The van der Waals surface area contributed by atoms with Gasteiger partial charge in [0.25, 0.3) is 0 Å². The van der Waals surface area contributed by atoms with E-state index in [0.29, 0.717) is 0 Å². The number of hydrogen-bond donors (Lipinski definition) is 0. The number of fused-ring (bicyclic) bond motifs is 1. The highest BCUT2D eigenvalue weighted by atomic mass is 15.0. The molecule has 0 bridgehead atoms. The Balaban J connectivity index is 1.71. The Morgan fingerprint density at radius 2 is 1.64 bits per heavy atom. The first kappa shape index (κ1) is 14.1. The molecule has 0 N–H and O–H groups in total. The van der Waals surface area contributed by atoms with Crippen LogP contribution < -0.4 is 0 Å². The lowest BCUT2D eigenvalue weighted by molar-refractivity contribution is 0.317. The summed E-state index contributed by atoms with van der Waals surface area (Å²) in [4.78, 5) is 0. The van der Waals surface area contributed by atoms with Gasteiger partial charge < -0.3 is 4.57 Å². The number of rotatable bonds is 3. The van der Waals surface area contributed by atoms with Crippen LogP contribution in [-0.2, 0) is 19.4 Å². The van der Waals surface area contributed by atoms with Crippen LogP contribution in [0, 0.1) is 5.92 Å². The molecule has 1 aromatic heterocycles. The first-order valence-electron chi connectivity index (χ1n) is 9.18. The molecular weight excluding hydrogens is 266 g/mol. The summed E-state index contributed by atoms with van der Waals surface area (Å²) in [5.74, 6) is 0.898. The maximum atomic E-state index is 2.69. The minimum absolute atomic E-state index is 0.898. The molecule has 0 spiro atoms. The van der Waals surface area contributed by atoms with Gasteiger partial charge in [0, 0.05) is 17.9 Å². The maximum Gasteiger partial charge on any atom is 0.0485 e. The molecule has 4 rings (SSSR count). The van der Waals surface area contributed by atoms with Crippen molar-refractivity contribution in [2.45, 2.75) is 64.3 Å². The Labute approximate surface area is 134 Å². The van der Waals surface area contributed by atoms with Crippen LogP contribution in [0.25, 0.3) is 11.3 Å². The second-order valence-corrected chi connectivity index (χ2v) is 7.19. The van der Waals surface area contributed by atoms with E-state index in [0.717, 1.165) is 5.92 Å². The minimum atomic E-state index is 0.898. The summed E-state index contributed by atoms with van der Waals surface area (Å²) in [5.41, 5.74) is 6.14. The number of aromatic nitrogens is 1. The fourth-order valence-corrected chi connectivity index (χ4v) is 4.45. The molecule has 2 aromatic rings. The van der Waals surface area contributed by atoms with Gasteiger partial charge in [-0.2, -0.15) is 0 Å². The lowest BCUT2D eigenvalue weighted by atomic mass is 9.89. The van der Waals surface area contributed by atoms with Crippen LogP contribution in [0.5, 0.6) is 0 Å². The summed E-state index contributed by atoms with van der Waals surface area (Å²) in [6.07, 6.45) is 12.5. The average molecular weight is 293 g/mol. The topological polar surface area (TPSA) is 4.93 Å². The quantitative estimate of drug-likeness (QED) is 0.692. The third-order valence-corrected chi connectivity index (χ3v) is 5.64. The Morgan fingerprint density at radius 1 is 0.864 bits per heavy atom. The van der Waals surface area contributed by atoms with Crippen molar-refractivity contribution >= 4 is 0 Å². The molecule has 2 aliphatic rings. The van der Waals surface area contributed by atoms with E-state index in [9.17, 15) is 0 Å². The van der Waals surface area contributed by atoms with Crippen LogP contribution in [0.15, 0.2) is 36.4 Å². The molecule has 1 heteroatoms. The highest BCUT2D eigenvalue weighted by molar-refractivity contribution is 5.62. The molecule has 0 aliphatic heterocycles. The van der Waals surface area contributed by atoms with E-state index < -0.39 is 0 Å². The van der Waals surface area contributed by atoms with Gasteiger partial charge in [-0.3, -0.25) is 0 Å². The summed E-state index contributed by atoms with van der Waals surface area (Å²) < 4.78 is 2.69. The Bertz CT molecular complexity index is 617. The third-order valence-electron chi connectivity index (χ3n) is 5.64. The molecule has 2 aliphatic carbocycles. The van der Waals surface area contributed by atoms with Crippen molar-refractivity contribution in [1.82, 2.24) is 4.57 Å². The monoisotopic (exact) mass is 293 g/mol. The molecule has 1 heterocycles. The number of benzene rings is 1. The first-order chi connectivity index (χ1) is 10.9. The molecule has 22 heavy (non-hydrogen) atoms. The van der Waals surface area contributed by atoms with Gasteiger partial charge in [-0.05, 0) is 61.6 Å². The fraction of sp³-hybridized carbons (Fsp3) is 0.524. The predicted octanol–water partition coefficient (Wildman–Crippen LogP) is 5.61. The molecule has 1 nitrogen and oxygen atoms in total. The minimum Gasteiger partial charge on any atom is -0.344 e. The molecule has 0 amide bonds. The van der Waals surface area contributed by atoms with Crippen molar-refractivity contribution in [3.8, 4) is 11.3 Å². The molecule has 1 aromatic carbocycles. The second kappa shape index (κ2) is 6.32. The molecule has 116 valence electrons. The highest BCUT2D eigenvalue weighted by Crippen LogP contribution is 2.34. The Hall–Kier alpha value is -1.50. The van der Waals surface area contributed by atoms with E-state index in [1.807, 2.05) is 0 Å². The average Bonchev–Trinajstić information content (AvgIpc) is 2.95. The zero-order chi connectivity index (χ0) is 14.8. The second-order valence-electron chi connectivity index (χ2n) is 7.19. The van der Waals surface area contributed by atoms with Crippen molar-refractivity contribution in [3.05, 3.63) is 47.7 Å². The van der Waals surface area contributed by atoms with Gasteiger partial charge in [-0.1, -0.05) is 49.6 Å². The summed E-state index contributed by atoms with van der Waals surface area (Å²) in [5, 5.41) is 0. The molecular formula is C21H27N. The first-order valence-corrected chi connectivity index (χ1v) is 9.18. The van der Waals surface area contributed by atoms with Crippen LogP contribution in [0.1, 0.15) is 56.2 Å². The van der Waals surface area contributed by atoms with E-state index in [1.54, 1.807) is 11.3 Å². The fourth-order valence-electron chi connectivity index (χ4n) is 4.45. The largest absolute Gasteiger partial charge is 0.344 e. The van der Waals surface area contributed by atoms with E-state index in [2.05, 4.69) is 41.0 Å². The van der Waals surface area contributed by atoms with Crippen molar-refractivity contribution in [2.75, 3.05) is 0 Å². The van der Waals surface area contributed by atoms with Crippen LogP contribution in [-0.4, -0.2) is 4.57 Å². The lowest BCUT2D eigenvalue weighted by Crippen LogP contribution is -2.17. The molecule has 0 saturated heterocycles. The number of aryl methyl sites for hydroxylation is 1. The van der Waals surface area contributed by atoms with Crippen molar-refractivity contribution < 1.29 is 0 Å². The zero-order valence-electron chi connectivity index (χ0n) is 13.6. The lowest BCUT2D eigenvalue weighted by Gasteiger charge is -2.25. The standard InChI is InChI=1S/C21H27N/c1-3-9-17(10-4-1)16-22-20-14-8-7-13-19(20)15-21(22)18-11-5-2-6-12-18/h2,5-6,11-12,15,17H,1,3-4,7-10,13-14,16H2. The highest BCUT2D eigenvalue weighted by Gasteiger charge is 2.22. The van der Waals surface area contributed by atoms with Gasteiger partial charge in [0.05, 0.1) is 0 Å². The summed E-state index contributed by atoms with van der Waals surface area (Å²) in [6.45, 7) is 1.25. The zero-order valence-corrected chi connectivity index (χ0v) is 13.6. The van der Waals surface area contributed by atoms with Gasteiger partial charge in [0.2, 0.25) is 0 Å². The van der Waals surface area contributed by atoms with Gasteiger partial charge in [-0.15, -0.1) is 0 Å². The van der Waals surface area contributed by atoms with Gasteiger partial charge >= 0.3 is 0 Å². The number of nitrogens with zero attached hydrogens (tertiary/aromatic N) is 1. The number of hydrogen-bond acceptors (Lipinski definition) is 0. The molecule has 1 saturated carbocycles. The Kier molecular flexibility index (Phi) is 4.05. The molecule has 0 atom stereocenters. The summed E-state index contributed by atoms with van der Waals surface area (Å²) >= 11 is 0. The van der Waals surface area contributed by atoms with E-state index in [-0.39, 0.29) is 0 Å². The third kappa shape index (κ3) is 2.74. The predicted molar refractivity (Wildman–Crippen MR) is 93.1 cm³/mol. The van der Waals surface area contributed by atoms with E-state index in [1.165, 1.54) is 75.6 Å². The summed E-state index contributed by atoms with van der Waals surface area (Å²) in [7, 11) is 0. The van der Waals surface area contributed by atoms with E-state index in [4.69, 9.17) is 0 Å². The molecule has 0 radical (unpaired) electrons. The van der Waals surface area contributed by atoms with Gasteiger partial charge in [-0.25, -0.2) is 0 Å². The van der Waals surface area contributed by atoms with Crippen molar-refractivity contribution in [3.63, 3.8) is 0 Å². The van der Waals surface area contributed by atoms with Gasteiger partial charge in [0.15, 0.2) is 0 Å². The molecule has 0 unspecified atom stereocenters. The van der Waals surface area contributed by atoms with Crippen molar-refractivity contribution in [1.29, 1.82) is 0 Å². The normalized spacial score (nSPS) is 19.1. The molecule has 1 fully saturated rings. The van der Waals surface area contributed by atoms with Crippen LogP contribution >= 0.6 is 0 Å². The van der Waals surface area contributed by atoms with Crippen LogP contribution in [0.2, 0.25) is 0 Å². The van der Waals surface area contributed by atoms with E-state index >= 15 is 0 Å². The van der Waals surface area contributed by atoms with Crippen molar-refractivity contribution in [2.24, 2.45) is 5.92 Å². The summed E-state index contributed by atoms with van der Waals surface area (Å²) in [6, 6.07) is 13.5. The SMILES string of the molecule is c1ccc(-c2cc3c(n2CC2CCCCC2)CCCC3)cc1.